The van der Waals surface area contributed by atoms with Gasteiger partial charge >= 0.3 is 0 Å². The van der Waals surface area contributed by atoms with E-state index in [2.05, 4.69) is 27.3 Å². The zero-order valence-electron chi connectivity index (χ0n) is 11.3. The molecule has 0 fully saturated rings. The second kappa shape index (κ2) is 6.05. The lowest BCUT2D eigenvalue weighted by Gasteiger charge is -2.11. The number of rotatable bonds is 4. The molecule has 1 N–H and O–H groups in total. The van der Waals surface area contributed by atoms with Gasteiger partial charge in [0.2, 0.25) is 0 Å². The summed E-state index contributed by atoms with van der Waals surface area (Å²) >= 11 is 3.53. The van der Waals surface area contributed by atoms with Crippen molar-refractivity contribution in [3.05, 3.63) is 67.7 Å². The second-order valence-corrected chi connectivity index (χ2v) is 5.56. The van der Waals surface area contributed by atoms with Crippen LogP contribution in [0.3, 0.4) is 0 Å². The van der Waals surface area contributed by atoms with Gasteiger partial charge < -0.3 is 5.32 Å². The molecular weight excluding hydrogens is 320 g/mol. The molecule has 0 aliphatic heterocycles. The summed E-state index contributed by atoms with van der Waals surface area (Å²) in [6.45, 7) is 4.58. The van der Waals surface area contributed by atoms with Crippen molar-refractivity contribution >= 4 is 27.3 Å². The van der Waals surface area contributed by atoms with Crippen molar-refractivity contribution in [2.75, 3.05) is 5.32 Å². The van der Waals surface area contributed by atoms with E-state index < -0.39 is 0 Å². The van der Waals surface area contributed by atoms with E-state index in [4.69, 9.17) is 0 Å². The van der Waals surface area contributed by atoms with Crippen LogP contribution in [0.2, 0.25) is 0 Å². The summed E-state index contributed by atoms with van der Waals surface area (Å²) in [4.78, 5) is 10.4. The van der Waals surface area contributed by atoms with E-state index in [0.29, 0.717) is 6.54 Å². The Balaban J connectivity index is 2.18. The predicted molar refractivity (Wildman–Crippen MR) is 84.0 cm³/mol. The fourth-order valence-corrected chi connectivity index (χ4v) is 2.53. The topological polar surface area (TPSA) is 55.2 Å². The predicted octanol–water partition coefficient (Wildman–Crippen LogP) is 4.59. The van der Waals surface area contributed by atoms with E-state index in [1.165, 1.54) is 11.6 Å². The van der Waals surface area contributed by atoms with Gasteiger partial charge in [0.05, 0.1) is 4.92 Å². The zero-order chi connectivity index (χ0) is 14.7. The molecule has 0 spiro atoms. The number of hydrogen-bond donors (Lipinski definition) is 1. The summed E-state index contributed by atoms with van der Waals surface area (Å²) in [6.07, 6.45) is 0. The molecule has 104 valence electrons. The number of nitro groups is 1. The molecule has 0 bridgehead atoms. The largest absolute Gasteiger partial charge is 0.381 e. The van der Waals surface area contributed by atoms with Crippen LogP contribution in [0.1, 0.15) is 16.7 Å². The Labute approximate surface area is 126 Å². The number of aryl methyl sites for hydroxylation is 2. The first kappa shape index (κ1) is 14.5. The van der Waals surface area contributed by atoms with E-state index in [1.807, 2.05) is 26.0 Å². The molecule has 2 rings (SSSR count). The van der Waals surface area contributed by atoms with Crippen molar-refractivity contribution in [2.24, 2.45) is 0 Å². The summed E-state index contributed by atoms with van der Waals surface area (Å²) < 4.78 is 1.04. The average Bonchev–Trinajstić information content (AvgIpc) is 2.39. The number of non-ortho nitro benzene ring substituents is 1. The van der Waals surface area contributed by atoms with Gasteiger partial charge in [-0.15, -0.1) is 0 Å². The summed E-state index contributed by atoms with van der Waals surface area (Å²) in [5.41, 5.74) is 4.17. The van der Waals surface area contributed by atoms with Crippen LogP contribution in [0, 0.1) is 24.0 Å². The SMILES string of the molecule is Cc1ccc(CNc2cc([N+](=O)[O-])ccc2C)c(Br)c1. The first-order valence-corrected chi connectivity index (χ1v) is 7.00. The number of halogens is 1. The Morgan fingerprint density at radius 1 is 1.20 bits per heavy atom. The zero-order valence-corrected chi connectivity index (χ0v) is 12.9. The van der Waals surface area contributed by atoms with Gasteiger partial charge in [0.15, 0.2) is 0 Å². The monoisotopic (exact) mass is 334 g/mol. The molecule has 0 aliphatic carbocycles. The third-order valence-corrected chi connectivity index (χ3v) is 3.85. The number of benzene rings is 2. The molecule has 0 unspecified atom stereocenters. The smallest absolute Gasteiger partial charge is 0.271 e. The number of nitro benzene ring substituents is 1. The van der Waals surface area contributed by atoms with E-state index in [0.717, 1.165) is 21.3 Å². The molecule has 0 heterocycles. The Bertz CT molecular complexity index is 656. The lowest BCUT2D eigenvalue weighted by atomic mass is 10.1. The Morgan fingerprint density at radius 3 is 2.60 bits per heavy atom. The van der Waals surface area contributed by atoms with Crippen LogP contribution in [-0.2, 0) is 6.54 Å². The number of nitrogens with one attached hydrogen (secondary N) is 1. The maximum Gasteiger partial charge on any atom is 0.271 e. The van der Waals surface area contributed by atoms with E-state index in [9.17, 15) is 10.1 Å². The van der Waals surface area contributed by atoms with E-state index in [1.54, 1.807) is 12.1 Å². The van der Waals surface area contributed by atoms with E-state index in [-0.39, 0.29) is 10.6 Å². The Morgan fingerprint density at radius 2 is 1.95 bits per heavy atom. The summed E-state index contributed by atoms with van der Waals surface area (Å²) in [5.74, 6) is 0. The fourth-order valence-electron chi connectivity index (χ4n) is 1.90. The number of hydrogen-bond acceptors (Lipinski definition) is 3. The maximum atomic E-state index is 10.8. The van der Waals surface area contributed by atoms with Crippen molar-refractivity contribution in [2.45, 2.75) is 20.4 Å². The van der Waals surface area contributed by atoms with Gasteiger partial charge in [0.1, 0.15) is 0 Å². The van der Waals surface area contributed by atoms with Gasteiger partial charge in [-0.05, 0) is 36.6 Å². The van der Waals surface area contributed by atoms with Crippen LogP contribution >= 0.6 is 15.9 Å². The summed E-state index contributed by atoms with van der Waals surface area (Å²) in [7, 11) is 0. The Hall–Kier alpha value is -1.88. The van der Waals surface area contributed by atoms with Crippen LogP contribution in [0.15, 0.2) is 40.9 Å². The number of anilines is 1. The van der Waals surface area contributed by atoms with Crippen LogP contribution in [-0.4, -0.2) is 4.92 Å². The average molecular weight is 335 g/mol. The van der Waals surface area contributed by atoms with Gasteiger partial charge in [0, 0.05) is 28.8 Å². The fraction of sp³-hybridized carbons (Fsp3) is 0.200. The quantitative estimate of drug-likeness (QED) is 0.657. The van der Waals surface area contributed by atoms with Crippen LogP contribution < -0.4 is 5.32 Å². The van der Waals surface area contributed by atoms with Gasteiger partial charge in [-0.25, -0.2) is 0 Å². The summed E-state index contributed by atoms with van der Waals surface area (Å²) in [5, 5.41) is 14.1. The van der Waals surface area contributed by atoms with Crippen molar-refractivity contribution in [3.63, 3.8) is 0 Å². The standard InChI is InChI=1S/C15H15BrN2O2/c1-10-3-5-12(14(16)7-10)9-17-15-8-13(18(19)20)6-4-11(15)2/h3-8,17H,9H2,1-2H3. The molecule has 0 saturated heterocycles. The molecular formula is C15H15BrN2O2. The lowest BCUT2D eigenvalue weighted by Crippen LogP contribution is -2.02. The van der Waals surface area contributed by atoms with Crippen molar-refractivity contribution in [1.82, 2.24) is 0 Å². The van der Waals surface area contributed by atoms with Crippen molar-refractivity contribution < 1.29 is 4.92 Å². The molecule has 2 aromatic carbocycles. The summed E-state index contributed by atoms with van der Waals surface area (Å²) in [6, 6.07) is 11.0. The van der Waals surface area contributed by atoms with Crippen molar-refractivity contribution in [3.8, 4) is 0 Å². The molecule has 20 heavy (non-hydrogen) atoms. The van der Waals surface area contributed by atoms with Crippen LogP contribution in [0.25, 0.3) is 0 Å². The van der Waals surface area contributed by atoms with Crippen LogP contribution in [0.5, 0.6) is 0 Å². The first-order valence-electron chi connectivity index (χ1n) is 6.21. The van der Waals surface area contributed by atoms with E-state index >= 15 is 0 Å². The number of nitrogens with zero attached hydrogens (tertiary/aromatic N) is 1. The maximum absolute atomic E-state index is 10.8. The highest BCUT2D eigenvalue weighted by molar-refractivity contribution is 9.10. The molecule has 0 aliphatic rings. The minimum absolute atomic E-state index is 0.0982. The molecule has 5 heteroatoms. The van der Waals surface area contributed by atoms with Gasteiger partial charge in [-0.3, -0.25) is 10.1 Å². The molecule has 0 amide bonds. The molecule has 0 saturated carbocycles. The lowest BCUT2D eigenvalue weighted by molar-refractivity contribution is -0.384. The van der Waals surface area contributed by atoms with Crippen LogP contribution in [0.4, 0.5) is 11.4 Å². The molecule has 2 aromatic rings. The second-order valence-electron chi connectivity index (χ2n) is 4.70. The third kappa shape index (κ3) is 3.36. The molecule has 0 atom stereocenters. The Kier molecular flexibility index (Phi) is 4.39. The minimum Gasteiger partial charge on any atom is -0.381 e. The molecule has 0 radical (unpaired) electrons. The highest BCUT2D eigenvalue weighted by Gasteiger charge is 2.09. The first-order chi connectivity index (χ1) is 9.47. The molecule has 0 aromatic heterocycles. The minimum atomic E-state index is -0.383. The van der Waals surface area contributed by atoms with Gasteiger partial charge in [-0.1, -0.05) is 34.1 Å². The highest BCUT2D eigenvalue weighted by Crippen LogP contribution is 2.24. The highest BCUT2D eigenvalue weighted by atomic mass is 79.9. The van der Waals surface area contributed by atoms with Gasteiger partial charge in [0.25, 0.3) is 5.69 Å². The van der Waals surface area contributed by atoms with Gasteiger partial charge in [-0.2, -0.15) is 0 Å². The normalized spacial score (nSPS) is 10.3. The third-order valence-electron chi connectivity index (χ3n) is 3.11. The molecule has 4 nitrogen and oxygen atoms in total. The van der Waals surface area contributed by atoms with Crippen molar-refractivity contribution in [1.29, 1.82) is 0 Å².